The lowest BCUT2D eigenvalue weighted by molar-refractivity contribution is 0.604. The van der Waals surface area contributed by atoms with Crippen LogP contribution in [0.25, 0.3) is 0 Å². The molecule has 0 unspecified atom stereocenters. The highest BCUT2D eigenvalue weighted by molar-refractivity contribution is 7.79. The van der Waals surface area contributed by atoms with Crippen LogP contribution in [0.4, 0.5) is 4.39 Å². The first-order valence-electron chi connectivity index (χ1n) is 8.90. The largest absolute Gasteiger partial charge is 0.258 e. The molecule has 0 bridgehead atoms. The van der Waals surface area contributed by atoms with Gasteiger partial charge in [-0.2, -0.15) is 0 Å². The fourth-order valence-electron chi connectivity index (χ4n) is 3.19. The van der Waals surface area contributed by atoms with Gasteiger partial charge in [0.05, 0.1) is 5.69 Å². The molecule has 28 heavy (non-hydrogen) atoms. The number of rotatable bonds is 5. The molecule has 0 aliphatic carbocycles. The van der Waals surface area contributed by atoms with Gasteiger partial charge >= 0.3 is 0 Å². The Morgan fingerprint density at radius 1 is 0.679 bits per heavy atom. The number of halogens is 2. The van der Waals surface area contributed by atoms with E-state index in [4.69, 9.17) is 0 Å². The van der Waals surface area contributed by atoms with Gasteiger partial charge in [0.15, 0.2) is 0 Å². The average molecular weight is 408 g/mol. The van der Waals surface area contributed by atoms with Crippen LogP contribution in [0.5, 0.6) is 0 Å². The van der Waals surface area contributed by atoms with E-state index in [-0.39, 0.29) is 18.2 Å². The van der Waals surface area contributed by atoms with Gasteiger partial charge in [-0.05, 0) is 41.5 Å². The topological polar surface area (TPSA) is 12.9 Å². The van der Waals surface area contributed by atoms with Crippen molar-refractivity contribution < 1.29 is 4.39 Å². The van der Waals surface area contributed by atoms with E-state index in [1.165, 1.54) is 22.0 Å². The van der Waals surface area contributed by atoms with Crippen LogP contribution >= 0.6 is 20.3 Å². The summed E-state index contributed by atoms with van der Waals surface area (Å²) < 4.78 is 14.2. The minimum atomic E-state index is -0.723. The van der Waals surface area contributed by atoms with Crippen LogP contribution in [0.1, 0.15) is 11.3 Å². The number of hydrogen-bond donors (Lipinski definition) is 0. The van der Waals surface area contributed by atoms with E-state index >= 15 is 0 Å². The third-order valence-electron chi connectivity index (χ3n) is 4.45. The molecule has 0 saturated heterocycles. The number of nitrogens with zero attached hydrogens (tertiary/aromatic N) is 1. The number of benzene rings is 3. The van der Waals surface area contributed by atoms with E-state index in [2.05, 4.69) is 71.7 Å². The first-order chi connectivity index (χ1) is 13.3. The van der Waals surface area contributed by atoms with Crippen molar-refractivity contribution in [1.29, 1.82) is 0 Å². The number of pyridine rings is 1. The van der Waals surface area contributed by atoms with Crippen molar-refractivity contribution in [2.45, 2.75) is 6.42 Å². The van der Waals surface area contributed by atoms with Crippen molar-refractivity contribution in [1.82, 2.24) is 4.98 Å². The van der Waals surface area contributed by atoms with Gasteiger partial charge in [-0.1, -0.05) is 84.9 Å². The van der Waals surface area contributed by atoms with Gasteiger partial charge in [0.1, 0.15) is 5.82 Å². The zero-order chi connectivity index (χ0) is 18.5. The van der Waals surface area contributed by atoms with Gasteiger partial charge in [-0.25, -0.2) is 4.39 Å². The Morgan fingerprint density at radius 3 is 1.86 bits per heavy atom. The summed E-state index contributed by atoms with van der Waals surface area (Å²) in [4.78, 5) is 4.25. The second-order valence-electron chi connectivity index (χ2n) is 6.24. The van der Waals surface area contributed by atoms with E-state index in [9.17, 15) is 4.39 Å². The Hall–Kier alpha value is -2.54. The van der Waals surface area contributed by atoms with Crippen LogP contribution in [0, 0.1) is 5.82 Å². The Balaban J connectivity index is 0.00000225. The average Bonchev–Trinajstić information content (AvgIpc) is 2.73. The Labute approximate surface area is 172 Å². The molecule has 0 fully saturated rings. The smallest absolute Gasteiger partial charge is 0.145 e. The van der Waals surface area contributed by atoms with Crippen LogP contribution in [-0.2, 0) is 6.42 Å². The lowest BCUT2D eigenvalue weighted by Crippen LogP contribution is -2.23. The molecule has 4 aromatic rings. The second kappa shape index (κ2) is 9.59. The molecule has 0 spiro atoms. The van der Waals surface area contributed by atoms with Crippen LogP contribution in [-0.4, -0.2) is 4.98 Å². The second-order valence-corrected chi connectivity index (χ2v) is 8.43. The molecular weight excluding hydrogens is 388 g/mol. The van der Waals surface area contributed by atoms with E-state index < -0.39 is 7.92 Å². The highest BCUT2D eigenvalue weighted by Gasteiger charge is 2.19. The van der Waals surface area contributed by atoms with Gasteiger partial charge in [-0.3, -0.25) is 4.98 Å². The summed E-state index contributed by atoms with van der Waals surface area (Å²) >= 11 is 0. The highest BCUT2D eigenvalue weighted by Crippen LogP contribution is 2.34. The Morgan fingerprint density at radius 2 is 1.25 bits per heavy atom. The SMILES string of the molecule is Cl.Fc1cccnc1Cc1ccccc1P(c1ccccc1)c1ccccc1. The van der Waals surface area contributed by atoms with E-state index in [0.29, 0.717) is 12.1 Å². The maximum atomic E-state index is 14.2. The first-order valence-corrected chi connectivity index (χ1v) is 10.2. The lowest BCUT2D eigenvalue weighted by atomic mass is 10.1. The quantitative estimate of drug-likeness (QED) is 0.425. The van der Waals surface area contributed by atoms with Gasteiger partial charge in [0.2, 0.25) is 0 Å². The molecule has 1 aromatic heterocycles. The van der Waals surface area contributed by atoms with Crippen molar-refractivity contribution in [3.8, 4) is 0 Å². The highest BCUT2D eigenvalue weighted by atomic mass is 35.5. The van der Waals surface area contributed by atoms with E-state index in [1.807, 2.05) is 18.2 Å². The standard InChI is InChI=1S/C24H19FNP.ClH/c25-22-15-9-17-26-23(22)18-19-10-7-8-16-24(19)27(20-11-3-1-4-12-20)21-13-5-2-6-14-21;/h1-17H,18H2;1H. The fraction of sp³-hybridized carbons (Fsp3) is 0.0417. The molecule has 0 N–H and O–H groups in total. The molecular formula is C24H20ClFNP. The van der Waals surface area contributed by atoms with Crippen LogP contribution < -0.4 is 15.9 Å². The van der Waals surface area contributed by atoms with Crippen molar-refractivity contribution in [2.75, 3.05) is 0 Å². The molecule has 1 nitrogen and oxygen atoms in total. The molecule has 1 heterocycles. The summed E-state index contributed by atoms with van der Waals surface area (Å²) in [6.45, 7) is 0. The summed E-state index contributed by atoms with van der Waals surface area (Å²) in [6.07, 6.45) is 2.14. The summed E-state index contributed by atoms with van der Waals surface area (Å²) in [7, 11) is -0.723. The molecule has 3 aromatic carbocycles. The summed E-state index contributed by atoms with van der Waals surface area (Å²) in [5.74, 6) is -0.254. The van der Waals surface area contributed by atoms with Crippen molar-refractivity contribution in [2.24, 2.45) is 0 Å². The normalized spacial score (nSPS) is 10.5. The lowest BCUT2D eigenvalue weighted by Gasteiger charge is -2.22. The molecule has 0 amide bonds. The van der Waals surface area contributed by atoms with E-state index in [1.54, 1.807) is 12.3 Å². The van der Waals surface area contributed by atoms with Gasteiger partial charge in [0, 0.05) is 12.6 Å². The van der Waals surface area contributed by atoms with Crippen LogP contribution in [0.2, 0.25) is 0 Å². The van der Waals surface area contributed by atoms with Gasteiger partial charge < -0.3 is 0 Å². The predicted octanol–water partition coefficient (Wildman–Crippen LogP) is 4.99. The Bertz CT molecular complexity index is 985. The number of hydrogen-bond acceptors (Lipinski definition) is 1. The molecule has 0 radical (unpaired) electrons. The maximum absolute atomic E-state index is 14.2. The van der Waals surface area contributed by atoms with Crippen molar-refractivity contribution >= 4 is 36.2 Å². The van der Waals surface area contributed by atoms with Crippen molar-refractivity contribution in [3.05, 3.63) is 120 Å². The molecule has 0 atom stereocenters. The fourth-order valence-corrected chi connectivity index (χ4v) is 5.66. The minimum absolute atomic E-state index is 0. The molecule has 0 aliphatic rings. The zero-order valence-corrected chi connectivity index (χ0v) is 16.9. The van der Waals surface area contributed by atoms with Crippen LogP contribution in [0.15, 0.2) is 103 Å². The molecule has 4 rings (SSSR count). The third kappa shape index (κ3) is 4.47. The molecule has 0 saturated carbocycles. The van der Waals surface area contributed by atoms with Crippen LogP contribution in [0.3, 0.4) is 0 Å². The minimum Gasteiger partial charge on any atom is -0.258 e. The van der Waals surface area contributed by atoms with Gasteiger partial charge in [-0.15, -0.1) is 12.4 Å². The predicted molar refractivity (Wildman–Crippen MR) is 119 cm³/mol. The summed E-state index contributed by atoms with van der Waals surface area (Å²) in [5.41, 5.74) is 1.61. The summed E-state index contributed by atoms with van der Waals surface area (Å²) in [6, 6.07) is 32.5. The van der Waals surface area contributed by atoms with Crippen molar-refractivity contribution in [3.63, 3.8) is 0 Å². The zero-order valence-electron chi connectivity index (χ0n) is 15.2. The molecule has 0 aliphatic heterocycles. The number of aromatic nitrogens is 1. The van der Waals surface area contributed by atoms with E-state index in [0.717, 1.165) is 5.56 Å². The molecule has 140 valence electrons. The summed E-state index contributed by atoms with van der Waals surface area (Å²) in [5, 5.41) is 3.82. The van der Waals surface area contributed by atoms with Gasteiger partial charge in [0.25, 0.3) is 0 Å². The third-order valence-corrected chi connectivity index (χ3v) is 7.00. The maximum Gasteiger partial charge on any atom is 0.145 e. The first kappa shape index (κ1) is 20.2. The molecule has 4 heteroatoms. The Kier molecular flexibility index (Phi) is 6.92. The monoisotopic (exact) mass is 407 g/mol.